The van der Waals surface area contributed by atoms with Crippen molar-refractivity contribution >= 4 is 15.9 Å². The largest absolute Gasteiger partial charge is 0.497 e. The average Bonchev–Trinajstić information content (AvgIpc) is 2.46. The van der Waals surface area contributed by atoms with Gasteiger partial charge in [-0.2, -0.15) is 8.78 Å². The summed E-state index contributed by atoms with van der Waals surface area (Å²) in [6.07, 6.45) is 0. The van der Waals surface area contributed by atoms with Gasteiger partial charge in [-0.1, -0.05) is 40.2 Å². The Labute approximate surface area is 129 Å². The van der Waals surface area contributed by atoms with Crippen LogP contribution in [0.5, 0.6) is 11.5 Å². The first kappa shape index (κ1) is 15.7. The van der Waals surface area contributed by atoms with Crippen LogP contribution in [0.1, 0.15) is 17.2 Å². The monoisotopic (exact) mass is 357 g/mol. The van der Waals surface area contributed by atoms with Gasteiger partial charge in [0.15, 0.2) is 0 Å². The number of benzene rings is 2. The lowest BCUT2D eigenvalue weighted by Gasteiger charge is -2.18. The average molecular weight is 358 g/mol. The number of para-hydroxylation sites is 1. The highest BCUT2D eigenvalue weighted by Crippen LogP contribution is 2.34. The second-order valence-electron chi connectivity index (χ2n) is 4.28. The van der Waals surface area contributed by atoms with Gasteiger partial charge < -0.3 is 15.2 Å². The van der Waals surface area contributed by atoms with Crippen molar-refractivity contribution < 1.29 is 18.3 Å². The molecular formula is C15H14BrF2NO2. The molecule has 0 aliphatic carbocycles. The van der Waals surface area contributed by atoms with Crippen LogP contribution < -0.4 is 15.2 Å². The van der Waals surface area contributed by atoms with E-state index in [1.165, 1.54) is 6.07 Å². The van der Waals surface area contributed by atoms with Crippen LogP contribution in [0.25, 0.3) is 0 Å². The Morgan fingerprint density at radius 2 is 1.81 bits per heavy atom. The fraction of sp³-hybridized carbons (Fsp3) is 0.200. The van der Waals surface area contributed by atoms with Gasteiger partial charge in [-0.05, 0) is 23.8 Å². The van der Waals surface area contributed by atoms with Gasteiger partial charge in [-0.25, -0.2) is 0 Å². The second kappa shape index (κ2) is 6.87. The van der Waals surface area contributed by atoms with E-state index in [4.69, 9.17) is 10.5 Å². The van der Waals surface area contributed by atoms with Crippen molar-refractivity contribution in [3.8, 4) is 11.5 Å². The van der Waals surface area contributed by atoms with E-state index in [-0.39, 0.29) is 5.75 Å². The molecule has 21 heavy (non-hydrogen) atoms. The molecule has 0 fully saturated rings. The summed E-state index contributed by atoms with van der Waals surface area (Å²) >= 11 is 3.41. The minimum atomic E-state index is -2.89. The fourth-order valence-corrected chi connectivity index (χ4v) is 2.60. The van der Waals surface area contributed by atoms with Gasteiger partial charge in [0, 0.05) is 10.0 Å². The van der Waals surface area contributed by atoms with E-state index in [2.05, 4.69) is 20.7 Å². The number of nitrogens with two attached hydrogens (primary N) is 1. The summed E-state index contributed by atoms with van der Waals surface area (Å²) in [5.74, 6) is 0.748. The Morgan fingerprint density at radius 1 is 1.10 bits per heavy atom. The number of ether oxygens (including phenoxy) is 2. The van der Waals surface area contributed by atoms with Gasteiger partial charge >= 0.3 is 6.61 Å². The summed E-state index contributed by atoms with van der Waals surface area (Å²) in [5, 5.41) is 0. The van der Waals surface area contributed by atoms with Gasteiger partial charge in [0.25, 0.3) is 0 Å². The third-order valence-electron chi connectivity index (χ3n) is 3.01. The number of hydrogen-bond donors (Lipinski definition) is 1. The van der Waals surface area contributed by atoms with Gasteiger partial charge in [0.2, 0.25) is 0 Å². The highest BCUT2D eigenvalue weighted by atomic mass is 79.9. The molecule has 1 atom stereocenters. The zero-order valence-electron chi connectivity index (χ0n) is 11.2. The zero-order valence-corrected chi connectivity index (χ0v) is 12.8. The van der Waals surface area contributed by atoms with Gasteiger partial charge in [-0.15, -0.1) is 0 Å². The van der Waals surface area contributed by atoms with Gasteiger partial charge in [0.05, 0.1) is 13.2 Å². The van der Waals surface area contributed by atoms with E-state index in [9.17, 15) is 8.78 Å². The van der Waals surface area contributed by atoms with Crippen molar-refractivity contribution in [2.75, 3.05) is 7.11 Å². The Kier molecular flexibility index (Phi) is 5.14. The molecule has 0 aromatic heterocycles. The zero-order chi connectivity index (χ0) is 15.4. The summed E-state index contributed by atoms with van der Waals surface area (Å²) in [5.41, 5.74) is 7.43. The predicted molar refractivity (Wildman–Crippen MR) is 79.8 cm³/mol. The maximum Gasteiger partial charge on any atom is 0.387 e. The van der Waals surface area contributed by atoms with Crippen LogP contribution in [0.3, 0.4) is 0 Å². The van der Waals surface area contributed by atoms with E-state index in [0.717, 1.165) is 10.0 Å². The van der Waals surface area contributed by atoms with E-state index in [0.29, 0.717) is 11.3 Å². The van der Waals surface area contributed by atoms with E-state index < -0.39 is 12.7 Å². The molecular weight excluding hydrogens is 344 g/mol. The molecule has 2 aromatic rings. The van der Waals surface area contributed by atoms with Crippen LogP contribution in [-0.2, 0) is 0 Å². The van der Waals surface area contributed by atoms with Gasteiger partial charge in [0.1, 0.15) is 11.5 Å². The molecule has 3 nitrogen and oxygen atoms in total. The maximum absolute atomic E-state index is 12.5. The number of hydrogen-bond acceptors (Lipinski definition) is 3. The van der Waals surface area contributed by atoms with Crippen molar-refractivity contribution in [2.24, 2.45) is 5.73 Å². The third kappa shape index (κ3) is 3.71. The van der Waals surface area contributed by atoms with Crippen LogP contribution in [0.15, 0.2) is 46.9 Å². The molecule has 2 aromatic carbocycles. The Hall–Kier alpha value is -1.66. The van der Waals surface area contributed by atoms with Crippen LogP contribution in [0.2, 0.25) is 0 Å². The van der Waals surface area contributed by atoms with Crippen molar-refractivity contribution in [1.82, 2.24) is 0 Å². The minimum absolute atomic E-state index is 0.0720. The summed E-state index contributed by atoms with van der Waals surface area (Å²) in [7, 11) is 1.56. The molecule has 0 aliphatic heterocycles. The number of alkyl halides is 2. The normalized spacial score (nSPS) is 12.3. The molecule has 0 aliphatic rings. The van der Waals surface area contributed by atoms with Crippen molar-refractivity contribution in [3.63, 3.8) is 0 Å². The summed E-state index contributed by atoms with van der Waals surface area (Å²) < 4.78 is 35.3. The van der Waals surface area contributed by atoms with E-state index >= 15 is 0 Å². The third-order valence-corrected chi connectivity index (χ3v) is 3.70. The van der Waals surface area contributed by atoms with E-state index in [1.54, 1.807) is 43.5 Å². The van der Waals surface area contributed by atoms with Crippen LogP contribution in [0.4, 0.5) is 8.78 Å². The number of methoxy groups -OCH3 is 1. The lowest BCUT2D eigenvalue weighted by molar-refractivity contribution is -0.0505. The molecule has 0 amide bonds. The molecule has 6 heteroatoms. The first-order valence-electron chi connectivity index (χ1n) is 6.15. The van der Waals surface area contributed by atoms with Crippen molar-refractivity contribution in [1.29, 1.82) is 0 Å². The number of rotatable bonds is 5. The molecule has 0 heterocycles. The molecule has 2 N–H and O–H groups in total. The smallest absolute Gasteiger partial charge is 0.387 e. The van der Waals surface area contributed by atoms with Crippen molar-refractivity contribution in [3.05, 3.63) is 58.1 Å². The SMILES string of the molecule is COc1ccc(C(N)c2ccccc2OC(F)F)c(Br)c1. The Morgan fingerprint density at radius 3 is 2.43 bits per heavy atom. The second-order valence-corrected chi connectivity index (χ2v) is 5.14. The highest BCUT2D eigenvalue weighted by molar-refractivity contribution is 9.10. The van der Waals surface area contributed by atoms with Crippen molar-refractivity contribution in [2.45, 2.75) is 12.7 Å². The standard InChI is InChI=1S/C15H14BrF2NO2/c1-20-9-6-7-10(12(16)8-9)14(19)11-4-2-3-5-13(11)21-15(17)18/h2-8,14-15H,19H2,1H3. The molecule has 0 radical (unpaired) electrons. The lowest BCUT2D eigenvalue weighted by Crippen LogP contribution is -2.15. The predicted octanol–water partition coefficient (Wildman–Crippen LogP) is 4.11. The first-order chi connectivity index (χ1) is 10.0. The number of halogens is 3. The summed E-state index contributed by atoms with van der Waals surface area (Å²) in [4.78, 5) is 0. The minimum Gasteiger partial charge on any atom is -0.497 e. The summed E-state index contributed by atoms with van der Waals surface area (Å²) in [6.45, 7) is -2.89. The molecule has 0 bridgehead atoms. The molecule has 0 spiro atoms. The Balaban J connectivity index is 2.38. The van der Waals surface area contributed by atoms with Crippen LogP contribution >= 0.6 is 15.9 Å². The first-order valence-corrected chi connectivity index (χ1v) is 6.95. The molecule has 1 unspecified atom stereocenters. The fourth-order valence-electron chi connectivity index (χ4n) is 2.00. The topological polar surface area (TPSA) is 44.5 Å². The maximum atomic E-state index is 12.5. The van der Waals surface area contributed by atoms with Crippen LogP contribution in [0, 0.1) is 0 Å². The molecule has 0 saturated heterocycles. The quantitative estimate of drug-likeness (QED) is 0.875. The Bertz CT molecular complexity index is 622. The molecule has 2 rings (SSSR count). The molecule has 112 valence electrons. The lowest BCUT2D eigenvalue weighted by atomic mass is 9.98. The van der Waals surface area contributed by atoms with E-state index in [1.807, 2.05) is 0 Å². The summed E-state index contributed by atoms with van der Waals surface area (Å²) in [6, 6.07) is 11.2. The van der Waals surface area contributed by atoms with Crippen LogP contribution in [-0.4, -0.2) is 13.7 Å². The highest BCUT2D eigenvalue weighted by Gasteiger charge is 2.18. The molecule has 0 saturated carbocycles. The van der Waals surface area contributed by atoms with Gasteiger partial charge in [-0.3, -0.25) is 0 Å².